The minimum Gasteiger partial charge on any atom is -0.290 e. The molecule has 0 saturated heterocycles. The topological polar surface area (TPSA) is 47.8 Å². The molecule has 0 spiro atoms. The molecule has 2 unspecified atom stereocenters. The highest BCUT2D eigenvalue weighted by atomic mass is 19.1. The van der Waals surface area contributed by atoms with Gasteiger partial charge in [-0.3, -0.25) is 4.79 Å². The zero-order valence-corrected chi connectivity index (χ0v) is 11.5. The second-order valence-electron chi connectivity index (χ2n) is 5.73. The van der Waals surface area contributed by atoms with Gasteiger partial charge in [0.2, 0.25) is 11.6 Å². The van der Waals surface area contributed by atoms with Crippen LogP contribution < -0.4 is 0 Å². The summed E-state index contributed by atoms with van der Waals surface area (Å²) < 4.78 is 43.2. The number of carbonyl (C=O) groups is 1. The maximum atomic E-state index is 14.1. The summed E-state index contributed by atoms with van der Waals surface area (Å²) in [7, 11) is 0. The van der Waals surface area contributed by atoms with Gasteiger partial charge in [0.25, 0.3) is 0 Å². The summed E-state index contributed by atoms with van der Waals surface area (Å²) in [5.41, 5.74) is -0.237. The molecular formula is C15H12F3N3O. The number of benzene rings is 1. The Balaban J connectivity index is 1.78. The zero-order chi connectivity index (χ0) is 15.4. The molecule has 0 bridgehead atoms. The smallest absolute Gasteiger partial charge is 0.217 e. The Kier molecular flexibility index (Phi) is 2.85. The van der Waals surface area contributed by atoms with Gasteiger partial charge in [-0.1, -0.05) is 6.07 Å². The van der Waals surface area contributed by atoms with E-state index in [-0.39, 0.29) is 35.3 Å². The minimum absolute atomic E-state index is 0.0309. The van der Waals surface area contributed by atoms with E-state index in [4.69, 9.17) is 0 Å². The van der Waals surface area contributed by atoms with Gasteiger partial charge in [-0.05, 0) is 25.0 Å². The summed E-state index contributed by atoms with van der Waals surface area (Å²) in [6.07, 6.45) is -0.0528. The van der Waals surface area contributed by atoms with Crippen molar-refractivity contribution in [2.45, 2.75) is 31.5 Å². The lowest BCUT2D eigenvalue weighted by Gasteiger charge is -2.13. The summed E-state index contributed by atoms with van der Waals surface area (Å²) in [6, 6.07) is 2.58. The van der Waals surface area contributed by atoms with Gasteiger partial charge in [0, 0.05) is 17.9 Å². The van der Waals surface area contributed by atoms with Crippen LogP contribution in [0.15, 0.2) is 18.2 Å². The Bertz CT molecular complexity index is 749. The predicted molar refractivity (Wildman–Crippen MR) is 70.0 cm³/mol. The Morgan fingerprint density at radius 2 is 1.91 bits per heavy atom. The lowest BCUT2D eigenvalue weighted by molar-refractivity contribution is 0.0956. The Labute approximate surface area is 124 Å². The molecule has 1 aliphatic carbocycles. The number of Topliss-reactive ketones (excluding diaryl/α,β-unsaturated/α-hetero) is 1. The first kappa shape index (κ1) is 13.5. The fraction of sp³-hybridized carbons (Fsp3) is 0.400. The van der Waals surface area contributed by atoms with Gasteiger partial charge in [0.1, 0.15) is 11.6 Å². The van der Waals surface area contributed by atoms with E-state index in [9.17, 15) is 18.0 Å². The molecular weight excluding hydrogens is 295 g/mol. The number of fused-ring (bicyclic) bond motifs is 1. The SMILES string of the molecule is O=C(c1nc2n(n1)C(c1c(F)cccc1F)CC2F)C1CC1. The number of hydrogen-bond donors (Lipinski definition) is 0. The van der Waals surface area contributed by atoms with Crippen molar-refractivity contribution in [3.63, 3.8) is 0 Å². The van der Waals surface area contributed by atoms with Gasteiger partial charge in [-0.15, -0.1) is 5.10 Å². The van der Waals surface area contributed by atoms with Crippen LogP contribution in [0.2, 0.25) is 0 Å². The number of nitrogens with zero attached hydrogens (tertiary/aromatic N) is 3. The first-order valence-corrected chi connectivity index (χ1v) is 7.15. The normalized spacial score (nSPS) is 23.6. The van der Waals surface area contributed by atoms with E-state index < -0.39 is 23.8 Å². The molecule has 1 saturated carbocycles. The largest absolute Gasteiger partial charge is 0.290 e. The first-order chi connectivity index (χ1) is 10.6. The molecule has 1 aromatic heterocycles. The van der Waals surface area contributed by atoms with Crippen molar-refractivity contribution < 1.29 is 18.0 Å². The summed E-state index contributed by atoms with van der Waals surface area (Å²) in [5.74, 6) is -1.91. The number of halogens is 3. The third kappa shape index (κ3) is 1.95. The monoisotopic (exact) mass is 307 g/mol. The van der Waals surface area contributed by atoms with Crippen molar-refractivity contribution in [1.82, 2.24) is 14.8 Å². The maximum Gasteiger partial charge on any atom is 0.217 e. The van der Waals surface area contributed by atoms with Gasteiger partial charge in [-0.25, -0.2) is 22.8 Å². The van der Waals surface area contributed by atoms with Crippen LogP contribution in [-0.4, -0.2) is 20.5 Å². The number of rotatable bonds is 3. The molecule has 22 heavy (non-hydrogen) atoms. The molecule has 2 atom stereocenters. The molecule has 7 heteroatoms. The van der Waals surface area contributed by atoms with Crippen molar-refractivity contribution >= 4 is 5.78 Å². The number of hydrogen-bond acceptors (Lipinski definition) is 3. The molecule has 0 N–H and O–H groups in total. The molecule has 2 aliphatic rings. The Morgan fingerprint density at radius 1 is 1.23 bits per heavy atom. The predicted octanol–water partition coefficient (Wildman–Crippen LogP) is 3.15. The van der Waals surface area contributed by atoms with Crippen LogP contribution in [0.4, 0.5) is 13.2 Å². The van der Waals surface area contributed by atoms with Gasteiger partial charge in [0.15, 0.2) is 12.0 Å². The molecule has 0 radical (unpaired) electrons. The fourth-order valence-electron chi connectivity index (χ4n) is 2.88. The molecule has 114 valence electrons. The quantitative estimate of drug-likeness (QED) is 0.818. The van der Waals surface area contributed by atoms with Crippen LogP contribution in [0.5, 0.6) is 0 Å². The average Bonchev–Trinajstić information content (AvgIpc) is 3.16. The van der Waals surface area contributed by atoms with Crippen LogP contribution in [0, 0.1) is 17.6 Å². The van der Waals surface area contributed by atoms with E-state index in [1.165, 1.54) is 6.07 Å². The summed E-state index contributed by atoms with van der Waals surface area (Å²) in [5, 5.41) is 4.03. The molecule has 2 aromatic rings. The first-order valence-electron chi connectivity index (χ1n) is 7.15. The highest BCUT2D eigenvalue weighted by Gasteiger charge is 2.40. The van der Waals surface area contributed by atoms with E-state index >= 15 is 0 Å². The maximum absolute atomic E-state index is 14.1. The third-order valence-corrected chi connectivity index (χ3v) is 4.16. The average molecular weight is 307 g/mol. The molecule has 1 aromatic carbocycles. The Hall–Kier alpha value is -2.18. The zero-order valence-electron chi connectivity index (χ0n) is 11.5. The molecule has 0 amide bonds. The lowest BCUT2D eigenvalue weighted by atomic mass is 10.0. The standard InChI is InChI=1S/C15H12F3N3O/c16-8-2-1-3-9(17)12(8)11-6-10(18)15-19-14(20-21(11)15)13(22)7-4-5-7/h1-3,7,10-11H,4-6H2. The fourth-order valence-corrected chi connectivity index (χ4v) is 2.88. The molecule has 2 heterocycles. The number of aromatic nitrogens is 3. The molecule has 4 nitrogen and oxygen atoms in total. The van der Waals surface area contributed by atoms with E-state index in [0.29, 0.717) is 0 Å². The van der Waals surface area contributed by atoms with Crippen molar-refractivity contribution in [3.8, 4) is 0 Å². The van der Waals surface area contributed by atoms with E-state index in [2.05, 4.69) is 10.1 Å². The van der Waals surface area contributed by atoms with Crippen LogP contribution >= 0.6 is 0 Å². The van der Waals surface area contributed by atoms with Crippen molar-refractivity contribution in [3.05, 3.63) is 47.0 Å². The lowest BCUT2D eigenvalue weighted by Crippen LogP contribution is -2.13. The van der Waals surface area contributed by atoms with Crippen molar-refractivity contribution in [2.75, 3.05) is 0 Å². The molecule has 1 aliphatic heterocycles. The van der Waals surface area contributed by atoms with Gasteiger partial charge in [-0.2, -0.15) is 0 Å². The highest BCUT2D eigenvalue weighted by molar-refractivity contribution is 5.95. The van der Waals surface area contributed by atoms with Crippen LogP contribution in [-0.2, 0) is 0 Å². The highest BCUT2D eigenvalue weighted by Crippen LogP contribution is 2.41. The van der Waals surface area contributed by atoms with E-state index in [0.717, 1.165) is 29.7 Å². The number of ketones is 1. The van der Waals surface area contributed by atoms with Crippen molar-refractivity contribution in [2.24, 2.45) is 5.92 Å². The Morgan fingerprint density at radius 3 is 2.55 bits per heavy atom. The van der Waals surface area contributed by atoms with E-state index in [1.54, 1.807) is 0 Å². The summed E-state index contributed by atoms with van der Waals surface area (Å²) in [6.45, 7) is 0. The van der Waals surface area contributed by atoms with Crippen LogP contribution in [0.3, 0.4) is 0 Å². The van der Waals surface area contributed by atoms with Crippen LogP contribution in [0.1, 0.15) is 53.5 Å². The third-order valence-electron chi connectivity index (χ3n) is 4.16. The van der Waals surface area contributed by atoms with Crippen molar-refractivity contribution in [1.29, 1.82) is 0 Å². The van der Waals surface area contributed by atoms with Gasteiger partial charge >= 0.3 is 0 Å². The van der Waals surface area contributed by atoms with Gasteiger partial charge < -0.3 is 0 Å². The second-order valence-corrected chi connectivity index (χ2v) is 5.73. The van der Waals surface area contributed by atoms with Crippen LogP contribution in [0.25, 0.3) is 0 Å². The number of alkyl halides is 1. The molecule has 1 fully saturated rings. The summed E-state index contributed by atoms with van der Waals surface area (Å²) in [4.78, 5) is 15.9. The summed E-state index contributed by atoms with van der Waals surface area (Å²) >= 11 is 0. The van der Waals surface area contributed by atoms with Gasteiger partial charge in [0.05, 0.1) is 6.04 Å². The molecule has 4 rings (SSSR count). The second kappa shape index (κ2) is 4.66. The van der Waals surface area contributed by atoms with E-state index in [1.807, 2.05) is 0 Å². The number of carbonyl (C=O) groups excluding carboxylic acids is 1. The minimum atomic E-state index is -1.49.